The number of hydrogen-bond acceptors (Lipinski definition) is 3. The number of carbonyl (C=O) groups is 1. The number of amides is 2. The van der Waals surface area contributed by atoms with Gasteiger partial charge in [-0.25, -0.2) is 4.79 Å². The van der Waals surface area contributed by atoms with Crippen molar-refractivity contribution in [2.24, 2.45) is 0 Å². The summed E-state index contributed by atoms with van der Waals surface area (Å²) in [5, 5.41) is 12.1. The maximum Gasteiger partial charge on any atom is 0.317 e. The molecule has 20 heavy (non-hydrogen) atoms. The molecule has 0 bridgehead atoms. The lowest BCUT2D eigenvalue weighted by atomic mass is 10.1. The summed E-state index contributed by atoms with van der Waals surface area (Å²) in [7, 11) is 1.65. The number of ether oxygens (including phenoxy) is 1. The highest BCUT2D eigenvalue weighted by atomic mass is 16.5. The normalized spacial score (nSPS) is 18.1. The molecule has 5 nitrogen and oxygen atoms in total. The minimum absolute atomic E-state index is 0.0266. The first-order valence-corrected chi connectivity index (χ1v) is 7.03. The highest BCUT2D eigenvalue weighted by molar-refractivity contribution is 5.74. The van der Waals surface area contributed by atoms with Crippen molar-refractivity contribution in [3.63, 3.8) is 0 Å². The first-order valence-electron chi connectivity index (χ1n) is 7.03. The fourth-order valence-corrected chi connectivity index (χ4v) is 2.61. The molecule has 1 aromatic rings. The predicted octanol–water partition coefficient (Wildman–Crippen LogP) is 1.40. The number of nitrogens with zero attached hydrogens (tertiary/aromatic N) is 1. The van der Waals surface area contributed by atoms with Crippen LogP contribution in [0.1, 0.15) is 18.4 Å². The Labute approximate surface area is 119 Å². The van der Waals surface area contributed by atoms with E-state index in [4.69, 9.17) is 4.74 Å². The molecular formula is C15H22N2O3. The van der Waals surface area contributed by atoms with Gasteiger partial charge in [-0.2, -0.15) is 0 Å². The fraction of sp³-hybridized carbons (Fsp3) is 0.533. The summed E-state index contributed by atoms with van der Waals surface area (Å²) in [6.45, 7) is 1.33. The molecule has 2 rings (SSSR count). The molecule has 1 atom stereocenters. The molecule has 0 spiro atoms. The summed E-state index contributed by atoms with van der Waals surface area (Å²) in [6, 6.07) is 7.69. The van der Waals surface area contributed by atoms with Crippen LogP contribution in [0, 0.1) is 0 Å². The van der Waals surface area contributed by atoms with Crippen molar-refractivity contribution < 1.29 is 14.6 Å². The lowest BCUT2D eigenvalue weighted by Crippen LogP contribution is -2.44. The molecule has 1 saturated heterocycles. The van der Waals surface area contributed by atoms with Gasteiger partial charge in [-0.05, 0) is 30.9 Å². The number of methoxy groups -OCH3 is 1. The van der Waals surface area contributed by atoms with Crippen molar-refractivity contribution in [2.75, 3.05) is 26.8 Å². The highest BCUT2D eigenvalue weighted by Crippen LogP contribution is 2.18. The molecule has 5 heteroatoms. The van der Waals surface area contributed by atoms with Gasteiger partial charge in [-0.15, -0.1) is 0 Å². The zero-order valence-electron chi connectivity index (χ0n) is 11.8. The molecule has 1 aliphatic rings. The Hall–Kier alpha value is -1.75. The second kappa shape index (κ2) is 7.14. The molecule has 1 fully saturated rings. The van der Waals surface area contributed by atoms with E-state index in [0.29, 0.717) is 6.54 Å². The van der Waals surface area contributed by atoms with Crippen LogP contribution < -0.4 is 10.1 Å². The Kier molecular flexibility index (Phi) is 5.24. The van der Waals surface area contributed by atoms with E-state index < -0.39 is 0 Å². The van der Waals surface area contributed by atoms with E-state index in [9.17, 15) is 9.90 Å². The number of para-hydroxylation sites is 1. The number of hydrogen-bond donors (Lipinski definition) is 2. The fourth-order valence-electron chi connectivity index (χ4n) is 2.61. The number of carbonyl (C=O) groups excluding carboxylic acids is 1. The minimum Gasteiger partial charge on any atom is -0.496 e. The molecule has 0 aromatic heterocycles. The molecule has 2 N–H and O–H groups in total. The van der Waals surface area contributed by atoms with Gasteiger partial charge in [0.1, 0.15) is 5.75 Å². The minimum atomic E-state index is -0.0866. The van der Waals surface area contributed by atoms with E-state index in [1.54, 1.807) is 12.0 Å². The zero-order valence-corrected chi connectivity index (χ0v) is 11.8. The molecule has 1 aromatic carbocycles. The first-order chi connectivity index (χ1) is 9.76. The van der Waals surface area contributed by atoms with Gasteiger partial charge in [-0.3, -0.25) is 0 Å². The number of aliphatic hydroxyl groups excluding tert-OH is 1. The van der Waals surface area contributed by atoms with E-state index in [1.807, 2.05) is 24.3 Å². The van der Waals surface area contributed by atoms with E-state index in [2.05, 4.69) is 5.32 Å². The monoisotopic (exact) mass is 278 g/mol. The van der Waals surface area contributed by atoms with Crippen LogP contribution in [0.4, 0.5) is 4.79 Å². The van der Waals surface area contributed by atoms with Crippen molar-refractivity contribution in [3.05, 3.63) is 29.8 Å². The van der Waals surface area contributed by atoms with Gasteiger partial charge in [0.25, 0.3) is 0 Å². The van der Waals surface area contributed by atoms with Gasteiger partial charge in [0.15, 0.2) is 0 Å². The molecule has 1 aliphatic heterocycles. The summed E-state index contributed by atoms with van der Waals surface area (Å²) >= 11 is 0. The number of likely N-dealkylation sites (tertiary alicyclic amines) is 1. The summed E-state index contributed by atoms with van der Waals surface area (Å²) in [5.74, 6) is 0.844. The third-order valence-corrected chi connectivity index (χ3v) is 3.71. The van der Waals surface area contributed by atoms with Crippen LogP contribution in [-0.2, 0) is 6.42 Å². The van der Waals surface area contributed by atoms with Gasteiger partial charge in [-0.1, -0.05) is 18.2 Å². The standard InChI is InChI=1S/C15H22N2O3/c1-20-14-7-3-2-5-12(14)8-9-16-15(19)17-10-4-6-13(17)11-18/h2-3,5,7,13,18H,4,6,8-11H2,1H3,(H,16,19). The lowest BCUT2D eigenvalue weighted by Gasteiger charge is -2.23. The van der Waals surface area contributed by atoms with E-state index in [-0.39, 0.29) is 18.7 Å². The highest BCUT2D eigenvalue weighted by Gasteiger charge is 2.27. The third-order valence-electron chi connectivity index (χ3n) is 3.71. The smallest absolute Gasteiger partial charge is 0.317 e. The SMILES string of the molecule is COc1ccccc1CCNC(=O)N1CCCC1CO. The molecular weight excluding hydrogens is 256 g/mol. The van der Waals surface area contributed by atoms with Crippen LogP contribution in [0.25, 0.3) is 0 Å². The topological polar surface area (TPSA) is 61.8 Å². The van der Waals surface area contributed by atoms with Crippen LogP contribution >= 0.6 is 0 Å². The van der Waals surface area contributed by atoms with E-state index >= 15 is 0 Å². The van der Waals surface area contributed by atoms with Crippen LogP contribution in [0.3, 0.4) is 0 Å². The number of rotatable bonds is 5. The van der Waals surface area contributed by atoms with E-state index in [0.717, 1.165) is 37.1 Å². The average Bonchev–Trinajstić information content (AvgIpc) is 2.96. The van der Waals surface area contributed by atoms with Crippen molar-refractivity contribution in [2.45, 2.75) is 25.3 Å². The van der Waals surface area contributed by atoms with Crippen molar-refractivity contribution >= 4 is 6.03 Å². The molecule has 110 valence electrons. The number of aliphatic hydroxyl groups is 1. The zero-order chi connectivity index (χ0) is 14.4. The van der Waals surface area contributed by atoms with Crippen LogP contribution in [0.2, 0.25) is 0 Å². The Balaban J connectivity index is 1.82. The maximum atomic E-state index is 12.0. The number of benzene rings is 1. The largest absolute Gasteiger partial charge is 0.496 e. The van der Waals surface area contributed by atoms with Crippen molar-refractivity contribution in [3.8, 4) is 5.75 Å². The molecule has 1 heterocycles. The van der Waals surface area contributed by atoms with Crippen LogP contribution in [-0.4, -0.2) is 48.9 Å². The maximum absolute atomic E-state index is 12.0. The van der Waals surface area contributed by atoms with Crippen LogP contribution in [0.15, 0.2) is 24.3 Å². The van der Waals surface area contributed by atoms with Gasteiger partial charge in [0, 0.05) is 13.1 Å². The first kappa shape index (κ1) is 14.7. The lowest BCUT2D eigenvalue weighted by molar-refractivity contribution is 0.157. The van der Waals surface area contributed by atoms with Crippen LogP contribution in [0.5, 0.6) is 5.75 Å². The Morgan fingerprint density at radius 3 is 3.05 bits per heavy atom. The summed E-state index contributed by atoms with van der Waals surface area (Å²) < 4.78 is 5.28. The summed E-state index contributed by atoms with van der Waals surface area (Å²) in [6.07, 6.45) is 2.58. The van der Waals surface area contributed by atoms with Gasteiger partial charge >= 0.3 is 6.03 Å². The predicted molar refractivity (Wildman–Crippen MR) is 76.9 cm³/mol. The second-order valence-corrected chi connectivity index (χ2v) is 4.97. The molecule has 0 radical (unpaired) electrons. The third kappa shape index (κ3) is 3.42. The average molecular weight is 278 g/mol. The Morgan fingerprint density at radius 1 is 1.50 bits per heavy atom. The quantitative estimate of drug-likeness (QED) is 0.856. The molecule has 1 unspecified atom stereocenters. The summed E-state index contributed by atoms with van der Waals surface area (Å²) in [5.41, 5.74) is 1.08. The Morgan fingerprint density at radius 2 is 2.30 bits per heavy atom. The summed E-state index contributed by atoms with van der Waals surface area (Å²) in [4.78, 5) is 13.8. The molecule has 2 amide bonds. The van der Waals surface area contributed by atoms with Crippen molar-refractivity contribution in [1.82, 2.24) is 10.2 Å². The van der Waals surface area contributed by atoms with Gasteiger partial charge < -0.3 is 20.1 Å². The Bertz CT molecular complexity index is 450. The number of urea groups is 1. The van der Waals surface area contributed by atoms with E-state index in [1.165, 1.54) is 0 Å². The van der Waals surface area contributed by atoms with Crippen molar-refractivity contribution in [1.29, 1.82) is 0 Å². The van der Waals surface area contributed by atoms with Gasteiger partial charge in [0.2, 0.25) is 0 Å². The molecule has 0 aliphatic carbocycles. The number of nitrogens with one attached hydrogen (secondary N) is 1. The second-order valence-electron chi connectivity index (χ2n) is 4.97. The van der Waals surface area contributed by atoms with Gasteiger partial charge in [0.05, 0.1) is 19.8 Å². The molecule has 0 saturated carbocycles.